The van der Waals surface area contributed by atoms with Gasteiger partial charge in [0.2, 0.25) is 5.91 Å². The second-order valence-corrected chi connectivity index (χ2v) is 8.35. The highest BCUT2D eigenvalue weighted by molar-refractivity contribution is 5.84. The van der Waals surface area contributed by atoms with E-state index in [1.165, 1.54) is 24.8 Å². The molecular weight excluding hydrogens is 360 g/mol. The molecule has 1 aromatic heterocycles. The lowest BCUT2D eigenvalue weighted by Gasteiger charge is -2.28. The zero-order valence-corrected chi connectivity index (χ0v) is 17.4. The van der Waals surface area contributed by atoms with Crippen molar-refractivity contribution in [1.29, 1.82) is 5.26 Å². The van der Waals surface area contributed by atoms with Crippen LogP contribution in [0.25, 0.3) is 10.9 Å². The number of rotatable bonds is 3. The van der Waals surface area contributed by atoms with E-state index in [0.29, 0.717) is 18.0 Å². The summed E-state index contributed by atoms with van der Waals surface area (Å²) >= 11 is 0. The summed E-state index contributed by atoms with van der Waals surface area (Å²) in [6.07, 6.45) is 7.61. The summed E-state index contributed by atoms with van der Waals surface area (Å²) in [6.45, 7) is 5.22. The largest absolute Gasteiger partial charge is 0.354 e. The molecule has 0 radical (unpaired) electrons. The molecule has 5 nitrogen and oxygen atoms in total. The van der Waals surface area contributed by atoms with Crippen LogP contribution in [0.2, 0.25) is 0 Å². The molecule has 4 rings (SSSR count). The predicted octanol–water partition coefficient (Wildman–Crippen LogP) is 4.29. The number of nitriles is 1. The van der Waals surface area contributed by atoms with E-state index in [0.717, 1.165) is 62.0 Å². The molecule has 1 saturated carbocycles. The number of hydrogen-bond donors (Lipinski definition) is 0. The van der Waals surface area contributed by atoms with Gasteiger partial charge in [-0.2, -0.15) is 5.26 Å². The number of pyridine rings is 1. The summed E-state index contributed by atoms with van der Waals surface area (Å²) in [5, 5.41) is 10.8. The Labute approximate surface area is 173 Å². The highest BCUT2D eigenvalue weighted by Crippen LogP contribution is 2.28. The number of fused-ring (bicyclic) bond motifs is 1. The highest BCUT2D eigenvalue weighted by Gasteiger charge is 2.28. The van der Waals surface area contributed by atoms with Crippen molar-refractivity contribution < 1.29 is 4.79 Å². The van der Waals surface area contributed by atoms with Crippen LogP contribution in [-0.4, -0.2) is 42.0 Å². The molecule has 2 aromatic rings. The molecule has 152 valence electrons. The number of carbonyl (C=O) groups is 1. The van der Waals surface area contributed by atoms with Gasteiger partial charge in [-0.25, -0.2) is 4.98 Å². The second-order valence-electron chi connectivity index (χ2n) is 8.35. The Kier molecular flexibility index (Phi) is 5.99. The van der Waals surface area contributed by atoms with Gasteiger partial charge in [0.15, 0.2) is 0 Å². The first kappa shape index (κ1) is 19.7. The lowest BCUT2D eigenvalue weighted by atomic mass is 9.88. The predicted molar refractivity (Wildman–Crippen MR) is 116 cm³/mol. The van der Waals surface area contributed by atoms with E-state index >= 15 is 0 Å². The lowest BCUT2D eigenvalue weighted by molar-refractivity contribution is -0.136. The Morgan fingerprint density at radius 3 is 2.69 bits per heavy atom. The highest BCUT2D eigenvalue weighted by atomic mass is 16.2. The minimum Gasteiger partial charge on any atom is -0.354 e. The summed E-state index contributed by atoms with van der Waals surface area (Å²) in [4.78, 5) is 22.0. The van der Waals surface area contributed by atoms with Crippen molar-refractivity contribution in [2.75, 3.05) is 31.1 Å². The normalized spacial score (nSPS) is 18.5. The van der Waals surface area contributed by atoms with Crippen LogP contribution in [0.3, 0.4) is 0 Å². The third-order valence-corrected chi connectivity index (χ3v) is 6.45. The fraction of sp³-hybridized carbons (Fsp3) is 0.542. The third-order valence-electron chi connectivity index (χ3n) is 6.45. The minimum absolute atomic E-state index is 0.219. The number of aromatic nitrogens is 1. The van der Waals surface area contributed by atoms with Crippen molar-refractivity contribution in [1.82, 2.24) is 9.88 Å². The summed E-state index contributed by atoms with van der Waals surface area (Å²) in [6, 6.07) is 10.6. The average Bonchev–Trinajstić information content (AvgIpc) is 3.04. The van der Waals surface area contributed by atoms with Crippen LogP contribution in [0.1, 0.15) is 56.6 Å². The fourth-order valence-corrected chi connectivity index (χ4v) is 4.72. The second kappa shape index (κ2) is 8.82. The van der Waals surface area contributed by atoms with Gasteiger partial charge in [-0.1, -0.05) is 32.3 Å². The monoisotopic (exact) mass is 390 g/mol. The Morgan fingerprint density at radius 1 is 1.10 bits per heavy atom. The third kappa shape index (κ3) is 4.22. The van der Waals surface area contributed by atoms with Gasteiger partial charge < -0.3 is 9.80 Å². The van der Waals surface area contributed by atoms with Crippen LogP contribution >= 0.6 is 0 Å². The van der Waals surface area contributed by atoms with E-state index in [-0.39, 0.29) is 5.92 Å². The Bertz CT molecular complexity index is 926. The Hall–Kier alpha value is -2.61. The van der Waals surface area contributed by atoms with Crippen LogP contribution in [0.4, 0.5) is 5.82 Å². The summed E-state index contributed by atoms with van der Waals surface area (Å²) < 4.78 is 0. The van der Waals surface area contributed by atoms with Gasteiger partial charge in [-0.3, -0.25) is 4.79 Å². The molecule has 1 aliphatic carbocycles. The van der Waals surface area contributed by atoms with Gasteiger partial charge in [0, 0.05) is 37.5 Å². The number of aryl methyl sites for hydroxylation is 1. The van der Waals surface area contributed by atoms with Crippen LogP contribution in [0.15, 0.2) is 24.3 Å². The Morgan fingerprint density at radius 2 is 1.93 bits per heavy atom. The first-order chi connectivity index (χ1) is 14.2. The van der Waals surface area contributed by atoms with Crippen LogP contribution < -0.4 is 4.90 Å². The van der Waals surface area contributed by atoms with Gasteiger partial charge >= 0.3 is 0 Å². The average molecular weight is 391 g/mol. The quantitative estimate of drug-likeness (QED) is 0.784. The topological polar surface area (TPSA) is 60.2 Å². The van der Waals surface area contributed by atoms with E-state index in [1.54, 1.807) is 0 Å². The van der Waals surface area contributed by atoms with Crippen molar-refractivity contribution in [2.24, 2.45) is 5.92 Å². The van der Waals surface area contributed by atoms with Gasteiger partial charge in [0.05, 0.1) is 11.1 Å². The molecule has 0 bridgehead atoms. The maximum absolute atomic E-state index is 12.9. The van der Waals surface area contributed by atoms with Crippen molar-refractivity contribution in [3.63, 3.8) is 0 Å². The van der Waals surface area contributed by atoms with E-state index in [2.05, 4.69) is 41.0 Å². The standard InChI is InChI=1S/C24H30N4O/c1-2-18-9-10-22-20(15-18)16-21(17-25)23(26-22)27-11-6-12-28(14-13-27)24(29)19-7-4-3-5-8-19/h9-10,15-16,19H,2-8,11-14H2,1H3. The lowest BCUT2D eigenvalue weighted by Crippen LogP contribution is -2.39. The molecule has 5 heteroatoms. The molecule has 0 unspecified atom stereocenters. The minimum atomic E-state index is 0.219. The fourth-order valence-electron chi connectivity index (χ4n) is 4.72. The van der Waals surface area contributed by atoms with Gasteiger partial charge in [0.25, 0.3) is 0 Å². The van der Waals surface area contributed by atoms with Crippen LogP contribution in [0, 0.1) is 17.2 Å². The SMILES string of the molecule is CCc1ccc2nc(N3CCCN(C(=O)C4CCCCC4)CC3)c(C#N)cc2c1. The number of benzene rings is 1. The van der Waals surface area contributed by atoms with Crippen molar-refractivity contribution >= 4 is 22.6 Å². The van der Waals surface area contributed by atoms with E-state index in [1.807, 2.05) is 6.07 Å². The van der Waals surface area contributed by atoms with Crippen LogP contribution in [0.5, 0.6) is 0 Å². The first-order valence-electron chi connectivity index (χ1n) is 11.1. The molecule has 1 aromatic carbocycles. The summed E-state index contributed by atoms with van der Waals surface area (Å²) in [5.74, 6) is 1.32. The molecule has 2 aliphatic rings. The summed E-state index contributed by atoms with van der Waals surface area (Å²) in [7, 11) is 0. The van der Waals surface area contributed by atoms with Gasteiger partial charge in [-0.05, 0) is 49.4 Å². The maximum atomic E-state index is 12.9. The number of nitrogens with zero attached hydrogens (tertiary/aromatic N) is 4. The molecule has 0 atom stereocenters. The number of anilines is 1. The first-order valence-corrected chi connectivity index (χ1v) is 11.1. The smallest absolute Gasteiger partial charge is 0.225 e. The number of hydrogen-bond acceptors (Lipinski definition) is 4. The zero-order chi connectivity index (χ0) is 20.2. The zero-order valence-electron chi connectivity index (χ0n) is 17.4. The molecule has 1 saturated heterocycles. The van der Waals surface area contributed by atoms with E-state index in [9.17, 15) is 10.1 Å². The molecule has 29 heavy (non-hydrogen) atoms. The molecule has 2 fully saturated rings. The van der Waals surface area contributed by atoms with Crippen LogP contribution in [-0.2, 0) is 11.2 Å². The molecule has 2 heterocycles. The molecule has 1 amide bonds. The van der Waals surface area contributed by atoms with Crippen molar-refractivity contribution in [3.8, 4) is 6.07 Å². The maximum Gasteiger partial charge on any atom is 0.225 e. The van der Waals surface area contributed by atoms with Crippen molar-refractivity contribution in [3.05, 3.63) is 35.4 Å². The summed E-state index contributed by atoms with van der Waals surface area (Å²) in [5.41, 5.74) is 2.80. The molecule has 0 N–H and O–H groups in total. The molecule has 0 spiro atoms. The van der Waals surface area contributed by atoms with Gasteiger partial charge in [-0.15, -0.1) is 0 Å². The van der Waals surface area contributed by atoms with E-state index in [4.69, 9.17) is 4.98 Å². The van der Waals surface area contributed by atoms with Crippen molar-refractivity contribution in [2.45, 2.75) is 51.9 Å². The molecule has 1 aliphatic heterocycles. The number of carbonyl (C=O) groups excluding carboxylic acids is 1. The molecular formula is C24H30N4O. The van der Waals surface area contributed by atoms with E-state index < -0.39 is 0 Å². The number of amides is 1. The van der Waals surface area contributed by atoms with Gasteiger partial charge in [0.1, 0.15) is 11.9 Å². The Balaban J connectivity index is 1.53.